The molecule has 0 spiro atoms. The predicted octanol–water partition coefficient (Wildman–Crippen LogP) is 7.72. The molecule has 0 atom stereocenters. The average Bonchev–Trinajstić information content (AvgIpc) is 3.20. The molecule has 3 aromatic carbocycles. The lowest BCUT2D eigenvalue weighted by molar-refractivity contribution is -0.118. The average molecular weight is 656 g/mol. The molecule has 3 aromatic rings. The molecule has 0 radical (unpaired) electrons. The van der Waals surface area contributed by atoms with E-state index in [1.165, 1.54) is 11.8 Å². The summed E-state index contributed by atoms with van der Waals surface area (Å²) in [5.41, 5.74) is 1.85. The van der Waals surface area contributed by atoms with Crippen LogP contribution in [0.15, 0.2) is 69.0 Å². The van der Waals surface area contributed by atoms with E-state index in [0.29, 0.717) is 64.7 Å². The molecular weight excluding hydrogens is 637 g/mol. The Morgan fingerprint density at radius 3 is 2.55 bits per heavy atom. The van der Waals surface area contributed by atoms with Gasteiger partial charge in [-0.3, -0.25) is 9.59 Å². The van der Waals surface area contributed by atoms with Gasteiger partial charge in [0.25, 0.3) is 11.8 Å². The van der Waals surface area contributed by atoms with Crippen LogP contribution in [0.4, 0.5) is 11.4 Å². The Bertz CT molecular complexity index is 1450. The molecule has 12 heteroatoms. The van der Waals surface area contributed by atoms with Crippen molar-refractivity contribution >= 4 is 96.9 Å². The van der Waals surface area contributed by atoms with Crippen molar-refractivity contribution in [3.63, 3.8) is 0 Å². The van der Waals surface area contributed by atoms with E-state index in [-0.39, 0.29) is 12.5 Å². The van der Waals surface area contributed by atoms with Gasteiger partial charge in [0.1, 0.15) is 0 Å². The molecule has 1 saturated heterocycles. The summed E-state index contributed by atoms with van der Waals surface area (Å²) in [6.45, 7) is 1.92. The second kappa shape index (κ2) is 12.9. The van der Waals surface area contributed by atoms with Crippen LogP contribution in [0.3, 0.4) is 0 Å². The normalized spacial score (nSPS) is 15.0. The van der Waals surface area contributed by atoms with Crippen molar-refractivity contribution in [2.75, 3.05) is 18.5 Å². The summed E-state index contributed by atoms with van der Waals surface area (Å²) in [4.78, 5) is 29.9. The highest BCUT2D eigenvalue weighted by atomic mass is 79.9. The molecule has 1 aliphatic heterocycles. The minimum Gasteiger partial charge on any atom is -0.490 e. The van der Waals surface area contributed by atoms with Crippen molar-refractivity contribution in [2.45, 2.75) is 6.92 Å². The van der Waals surface area contributed by atoms with E-state index in [4.69, 9.17) is 44.3 Å². The van der Waals surface area contributed by atoms with Gasteiger partial charge < -0.3 is 20.1 Å². The molecule has 1 aliphatic rings. The molecule has 196 valence electrons. The third-order valence-electron chi connectivity index (χ3n) is 4.89. The first-order valence-corrected chi connectivity index (χ1v) is 13.9. The Morgan fingerprint density at radius 2 is 1.84 bits per heavy atom. The molecule has 2 N–H and O–H groups in total. The second-order valence-electron chi connectivity index (χ2n) is 7.69. The van der Waals surface area contributed by atoms with Gasteiger partial charge >= 0.3 is 0 Å². The summed E-state index contributed by atoms with van der Waals surface area (Å²) in [5.74, 6) is 0.105. The number of nitrogens with one attached hydrogen (secondary N) is 2. The van der Waals surface area contributed by atoms with Gasteiger partial charge in [0.15, 0.2) is 23.3 Å². The van der Waals surface area contributed by atoms with E-state index < -0.39 is 5.91 Å². The lowest BCUT2D eigenvalue weighted by Gasteiger charge is -2.15. The molecule has 0 bridgehead atoms. The van der Waals surface area contributed by atoms with E-state index >= 15 is 0 Å². The monoisotopic (exact) mass is 653 g/mol. The zero-order valence-electron chi connectivity index (χ0n) is 19.7. The Labute approximate surface area is 246 Å². The molecule has 1 heterocycles. The number of amidine groups is 1. The Balaban J connectivity index is 1.48. The molecule has 0 saturated carbocycles. The summed E-state index contributed by atoms with van der Waals surface area (Å²) in [5, 5.41) is 7.24. The predicted molar refractivity (Wildman–Crippen MR) is 158 cm³/mol. The summed E-state index contributed by atoms with van der Waals surface area (Å²) in [6.07, 6.45) is 1.72. The van der Waals surface area contributed by atoms with Crippen LogP contribution in [0.25, 0.3) is 6.08 Å². The second-order valence-corrected chi connectivity index (χ2v) is 10.8. The minimum atomic E-state index is -0.393. The van der Waals surface area contributed by atoms with Gasteiger partial charge in [-0.2, -0.15) is 0 Å². The quantitative estimate of drug-likeness (QED) is 0.243. The third-order valence-corrected chi connectivity index (χ3v) is 7.38. The van der Waals surface area contributed by atoms with Crippen molar-refractivity contribution < 1.29 is 19.1 Å². The number of halogens is 4. The highest BCUT2D eigenvalue weighted by molar-refractivity contribution is 9.10. The molecule has 4 rings (SSSR count). The van der Waals surface area contributed by atoms with Gasteiger partial charge in [-0.25, -0.2) is 4.99 Å². The number of hydrogen-bond acceptors (Lipinski definition) is 6. The standard InChI is InChI=1S/C26H19BrCl3N3O4S/c1-2-36-21-10-14(11-22-25(35)33-26(38-22)32-16-5-3-15(28)4-6-16)9-18(27)24(21)37-13-23(34)31-17-7-8-19(29)20(30)12-17/h3-12H,2,13H2,1H3,(H,31,34)(H,32,33,35)/b22-11+. The highest BCUT2D eigenvalue weighted by Gasteiger charge is 2.24. The summed E-state index contributed by atoms with van der Waals surface area (Å²) >= 11 is 22.5. The van der Waals surface area contributed by atoms with Crippen molar-refractivity contribution in [1.82, 2.24) is 5.32 Å². The number of hydrogen-bond donors (Lipinski definition) is 2. The van der Waals surface area contributed by atoms with Gasteiger partial charge in [-0.15, -0.1) is 0 Å². The molecular formula is C26H19BrCl3N3O4S. The van der Waals surface area contributed by atoms with Crippen LogP contribution < -0.4 is 20.1 Å². The van der Waals surface area contributed by atoms with Crippen molar-refractivity contribution in [3.8, 4) is 11.5 Å². The molecule has 0 aromatic heterocycles. The number of carbonyl (C=O) groups is 2. The van der Waals surface area contributed by atoms with Crippen molar-refractivity contribution in [2.24, 2.45) is 4.99 Å². The largest absolute Gasteiger partial charge is 0.490 e. The number of thioether (sulfide) groups is 1. The van der Waals surface area contributed by atoms with E-state index in [0.717, 1.165) is 0 Å². The SMILES string of the molecule is CCOc1cc(/C=C2/SC(=Nc3ccc(Cl)cc3)NC2=O)cc(Br)c1OCC(=O)Nc1ccc(Cl)c(Cl)c1. The first-order valence-electron chi connectivity index (χ1n) is 11.1. The fourth-order valence-corrected chi connectivity index (χ4v) is 5.09. The smallest absolute Gasteiger partial charge is 0.264 e. The maximum atomic E-state index is 12.5. The number of rotatable bonds is 8. The number of benzene rings is 3. The molecule has 7 nitrogen and oxygen atoms in total. The van der Waals surface area contributed by atoms with Gasteiger partial charge in [-0.05, 0) is 101 Å². The van der Waals surface area contributed by atoms with Crippen LogP contribution in [0.1, 0.15) is 12.5 Å². The molecule has 38 heavy (non-hydrogen) atoms. The van der Waals surface area contributed by atoms with E-state index in [1.807, 2.05) is 6.92 Å². The van der Waals surface area contributed by atoms with Crippen molar-refractivity contribution in [1.29, 1.82) is 0 Å². The van der Waals surface area contributed by atoms with Gasteiger partial charge in [-0.1, -0.05) is 34.8 Å². The van der Waals surface area contributed by atoms with Gasteiger partial charge in [0.2, 0.25) is 0 Å². The van der Waals surface area contributed by atoms with Crippen LogP contribution in [0.2, 0.25) is 15.1 Å². The summed E-state index contributed by atoms with van der Waals surface area (Å²) in [6, 6.07) is 15.3. The van der Waals surface area contributed by atoms with Crippen LogP contribution in [0, 0.1) is 0 Å². The van der Waals surface area contributed by atoms with Crippen LogP contribution in [-0.2, 0) is 9.59 Å². The van der Waals surface area contributed by atoms with E-state index in [9.17, 15) is 9.59 Å². The number of aliphatic imine (C=N–C) groups is 1. The molecule has 2 amide bonds. The minimum absolute atomic E-state index is 0.268. The van der Waals surface area contributed by atoms with Crippen LogP contribution >= 0.6 is 62.5 Å². The topological polar surface area (TPSA) is 89.0 Å². The lowest BCUT2D eigenvalue weighted by atomic mass is 10.2. The lowest BCUT2D eigenvalue weighted by Crippen LogP contribution is -2.20. The number of anilines is 1. The van der Waals surface area contributed by atoms with Gasteiger partial charge in [0.05, 0.1) is 31.7 Å². The molecule has 1 fully saturated rings. The summed E-state index contributed by atoms with van der Waals surface area (Å²) in [7, 11) is 0. The van der Waals surface area contributed by atoms with E-state index in [1.54, 1.807) is 60.7 Å². The summed E-state index contributed by atoms with van der Waals surface area (Å²) < 4.78 is 12.1. The Hall–Kier alpha value is -2.69. The van der Waals surface area contributed by atoms with Crippen LogP contribution in [0.5, 0.6) is 11.5 Å². The number of ether oxygens (including phenoxy) is 2. The number of nitrogens with zero attached hydrogens (tertiary/aromatic N) is 1. The maximum absolute atomic E-state index is 12.5. The van der Waals surface area contributed by atoms with Crippen molar-refractivity contribution in [3.05, 3.63) is 84.6 Å². The Kier molecular flexibility index (Phi) is 9.62. The zero-order valence-corrected chi connectivity index (χ0v) is 24.4. The molecule has 0 aliphatic carbocycles. The zero-order chi connectivity index (χ0) is 27.2. The first kappa shape index (κ1) is 28.3. The highest BCUT2D eigenvalue weighted by Crippen LogP contribution is 2.39. The third kappa shape index (κ3) is 7.45. The van der Waals surface area contributed by atoms with E-state index in [2.05, 4.69) is 31.6 Å². The van der Waals surface area contributed by atoms with Crippen LogP contribution in [-0.4, -0.2) is 30.2 Å². The molecule has 0 unspecified atom stereocenters. The maximum Gasteiger partial charge on any atom is 0.264 e. The number of amides is 2. The fourth-order valence-electron chi connectivity index (χ4n) is 3.25. The van der Waals surface area contributed by atoms with Gasteiger partial charge in [0, 0.05) is 10.7 Å². The first-order chi connectivity index (χ1) is 18.2. The Morgan fingerprint density at radius 1 is 1.08 bits per heavy atom. The fraction of sp³-hybridized carbons (Fsp3) is 0.115. The number of carbonyl (C=O) groups excluding carboxylic acids is 2.